The second-order valence-electron chi connectivity index (χ2n) is 12.9. The molecule has 0 heterocycles. The Kier molecular flexibility index (Phi) is 11.0. The number of hydrogen-bond donors (Lipinski definition) is 0. The van der Waals surface area contributed by atoms with Gasteiger partial charge in [-0.15, -0.1) is 39.7 Å². The van der Waals surface area contributed by atoms with Crippen LogP contribution < -0.4 is 24.8 Å². The van der Waals surface area contributed by atoms with Crippen molar-refractivity contribution in [1.29, 1.82) is 0 Å². The van der Waals surface area contributed by atoms with Crippen LogP contribution in [0.2, 0.25) is 0 Å². The Labute approximate surface area is 331 Å². The molecule has 1 aliphatic carbocycles. The second kappa shape index (κ2) is 15.5. The first-order valence-corrected chi connectivity index (χ1v) is 17.0. The standard InChI is InChI=1S/C33H21.C15H14.2ClH.Zr/c1-3-11-28-22(7-1)9-5-13-30(28)24-15-17-32-26(19-24)21-27-20-25(16-18-33(27)32)31-14-6-10-23-8-2-4-12-29(23)31;1-2-11-12-7-3-5-9-14(12)15-10-6-4-8-13(11)15;;;/h1-21H;3-11H,2H2,1H3;2*1H;/q-1;;;;+3/p-2. The Morgan fingerprint density at radius 1 is 0.412 bits per heavy atom. The largest absolute Gasteiger partial charge is 3.00 e. The zero-order chi connectivity index (χ0) is 32.0. The van der Waals surface area contributed by atoms with Gasteiger partial charge in [-0.3, -0.25) is 0 Å². The van der Waals surface area contributed by atoms with E-state index in [1.54, 1.807) is 0 Å². The fraction of sp³-hybridized carbons (Fsp3) is 0.0625. The molecule has 1 radical (unpaired) electrons. The molecule has 0 aliphatic heterocycles. The predicted molar refractivity (Wildman–Crippen MR) is 207 cm³/mol. The molecule has 0 N–H and O–H groups in total. The van der Waals surface area contributed by atoms with Crippen LogP contribution in [0.4, 0.5) is 0 Å². The molecule has 0 unspecified atom stereocenters. The van der Waals surface area contributed by atoms with Gasteiger partial charge in [-0.2, -0.15) is 0 Å². The molecule has 10 rings (SSSR count). The number of hydrogen-bond acceptors (Lipinski definition) is 0. The normalized spacial score (nSPS) is 11.5. The van der Waals surface area contributed by atoms with Crippen LogP contribution in [0, 0.1) is 0 Å². The van der Waals surface area contributed by atoms with Gasteiger partial charge in [0.2, 0.25) is 0 Å². The zero-order valence-corrected chi connectivity index (χ0v) is 32.3. The summed E-state index contributed by atoms with van der Waals surface area (Å²) in [6.07, 6.45) is 1.19. The average Bonchev–Trinajstić information content (AvgIpc) is 3.69. The van der Waals surface area contributed by atoms with Crippen LogP contribution in [0.3, 0.4) is 0 Å². The first-order valence-electron chi connectivity index (χ1n) is 17.0. The van der Waals surface area contributed by atoms with Gasteiger partial charge < -0.3 is 24.8 Å². The van der Waals surface area contributed by atoms with Gasteiger partial charge in [0.05, 0.1) is 0 Å². The van der Waals surface area contributed by atoms with Gasteiger partial charge in [-0.25, -0.2) is 0 Å². The second-order valence-corrected chi connectivity index (χ2v) is 12.9. The SMILES string of the molecule is CCC1c2ccccc2-c2ccccc21.[Cl-].[Cl-].[Zr+3].c1ccc2c(-c3ccc4c(c3)[cH-]c3cc(-c5cccc6ccccc56)ccc34)cccc2c1. The first-order chi connectivity index (χ1) is 23.8. The maximum Gasteiger partial charge on any atom is 3.00 e. The zero-order valence-electron chi connectivity index (χ0n) is 28.3. The van der Waals surface area contributed by atoms with Gasteiger partial charge in [0, 0.05) is 5.92 Å². The molecule has 0 saturated carbocycles. The van der Waals surface area contributed by atoms with Crippen LogP contribution in [-0.2, 0) is 26.2 Å². The topological polar surface area (TPSA) is 0 Å². The van der Waals surface area contributed by atoms with E-state index in [0.717, 1.165) is 0 Å². The minimum atomic E-state index is 0. The molecule has 51 heavy (non-hydrogen) atoms. The van der Waals surface area contributed by atoms with E-state index in [-0.39, 0.29) is 51.0 Å². The van der Waals surface area contributed by atoms with E-state index < -0.39 is 0 Å². The van der Waals surface area contributed by atoms with Crippen molar-refractivity contribution in [2.45, 2.75) is 19.3 Å². The van der Waals surface area contributed by atoms with E-state index in [0.29, 0.717) is 5.92 Å². The van der Waals surface area contributed by atoms with Crippen LogP contribution in [-0.4, -0.2) is 0 Å². The fourth-order valence-electron chi connectivity index (χ4n) is 8.01. The average molecular weight is 774 g/mol. The van der Waals surface area contributed by atoms with Gasteiger partial charge in [0.25, 0.3) is 0 Å². The monoisotopic (exact) mass is 771 g/mol. The maximum absolute atomic E-state index is 2.34. The quantitative estimate of drug-likeness (QED) is 0.163. The predicted octanol–water partition coefficient (Wildman–Crippen LogP) is 7.57. The summed E-state index contributed by atoms with van der Waals surface area (Å²) in [5.74, 6) is 0.609. The molecule has 3 heteroatoms. The third kappa shape index (κ3) is 6.49. The number of halogens is 2. The van der Waals surface area contributed by atoms with Crippen molar-refractivity contribution in [2.75, 3.05) is 0 Å². The third-order valence-electron chi connectivity index (χ3n) is 10.3. The van der Waals surface area contributed by atoms with Crippen molar-refractivity contribution >= 4 is 43.1 Å². The summed E-state index contributed by atoms with van der Waals surface area (Å²) in [6, 6.07) is 64.1. The summed E-state index contributed by atoms with van der Waals surface area (Å²) in [5, 5.41) is 10.4. The van der Waals surface area contributed by atoms with Crippen molar-refractivity contribution in [3.05, 3.63) is 187 Å². The molecule has 0 nitrogen and oxygen atoms in total. The molecular formula is C48H35Cl2Zr. The van der Waals surface area contributed by atoms with Crippen molar-refractivity contribution in [3.8, 4) is 33.4 Å². The van der Waals surface area contributed by atoms with E-state index in [1.165, 1.54) is 94.0 Å². The minimum absolute atomic E-state index is 0. The van der Waals surface area contributed by atoms with Gasteiger partial charge in [-0.05, 0) is 61.3 Å². The molecule has 0 aromatic heterocycles. The summed E-state index contributed by atoms with van der Waals surface area (Å²) < 4.78 is 0. The number of fused-ring (bicyclic) bond motifs is 8. The molecule has 0 spiro atoms. The van der Waals surface area contributed by atoms with Crippen LogP contribution in [0.25, 0.3) is 76.5 Å². The van der Waals surface area contributed by atoms with E-state index in [1.807, 2.05) is 0 Å². The third-order valence-corrected chi connectivity index (χ3v) is 10.3. The van der Waals surface area contributed by atoms with Crippen molar-refractivity contribution in [3.63, 3.8) is 0 Å². The van der Waals surface area contributed by atoms with Crippen molar-refractivity contribution in [2.24, 2.45) is 0 Å². The first kappa shape index (κ1) is 36.4. The van der Waals surface area contributed by atoms with Crippen molar-refractivity contribution < 1.29 is 51.0 Å². The Morgan fingerprint density at radius 2 is 0.804 bits per heavy atom. The Bertz CT molecular complexity index is 2440. The molecule has 245 valence electrons. The van der Waals surface area contributed by atoms with Gasteiger partial charge in [-0.1, -0.05) is 176 Å². The molecule has 1 aliphatic rings. The molecule has 9 aromatic carbocycles. The number of rotatable bonds is 3. The minimum Gasteiger partial charge on any atom is -1.00 e. The van der Waals surface area contributed by atoms with E-state index in [2.05, 4.69) is 183 Å². The maximum atomic E-state index is 2.34. The molecule has 0 atom stereocenters. The molecule has 0 saturated heterocycles. The Balaban J connectivity index is 0.000000211. The van der Waals surface area contributed by atoms with E-state index in [4.69, 9.17) is 0 Å². The van der Waals surface area contributed by atoms with Crippen LogP contribution >= 0.6 is 0 Å². The van der Waals surface area contributed by atoms with E-state index >= 15 is 0 Å². The summed E-state index contributed by atoms with van der Waals surface area (Å²) in [5.41, 5.74) is 11.0. The Hall–Kier alpha value is -4.39. The Morgan fingerprint density at radius 3 is 1.27 bits per heavy atom. The molecule has 0 fully saturated rings. The summed E-state index contributed by atoms with van der Waals surface area (Å²) in [4.78, 5) is 0. The smallest absolute Gasteiger partial charge is 1.00 e. The van der Waals surface area contributed by atoms with Gasteiger partial charge in [0.1, 0.15) is 0 Å². The molecule has 0 amide bonds. The van der Waals surface area contributed by atoms with E-state index in [9.17, 15) is 0 Å². The van der Waals surface area contributed by atoms with Crippen LogP contribution in [0.1, 0.15) is 30.4 Å². The van der Waals surface area contributed by atoms with Gasteiger partial charge in [0.15, 0.2) is 0 Å². The van der Waals surface area contributed by atoms with Crippen LogP contribution in [0.15, 0.2) is 176 Å². The van der Waals surface area contributed by atoms with Crippen LogP contribution in [0.5, 0.6) is 0 Å². The summed E-state index contributed by atoms with van der Waals surface area (Å²) in [7, 11) is 0. The number of benzene rings is 8. The fourth-order valence-corrected chi connectivity index (χ4v) is 8.01. The molecule has 9 aromatic rings. The van der Waals surface area contributed by atoms with Crippen molar-refractivity contribution in [1.82, 2.24) is 0 Å². The molecule has 0 bridgehead atoms. The summed E-state index contributed by atoms with van der Waals surface area (Å²) in [6.45, 7) is 2.27. The van der Waals surface area contributed by atoms with Gasteiger partial charge >= 0.3 is 26.2 Å². The molecular weight excluding hydrogens is 739 g/mol. The summed E-state index contributed by atoms with van der Waals surface area (Å²) >= 11 is 0.